The summed E-state index contributed by atoms with van der Waals surface area (Å²) in [5, 5.41) is 0. The van der Waals surface area contributed by atoms with Gasteiger partial charge in [-0.1, -0.05) is 0 Å². The molecule has 0 aromatic rings. The molecule has 0 saturated heterocycles. The van der Waals surface area contributed by atoms with Crippen LogP contribution in [0.2, 0.25) is 0 Å². The van der Waals surface area contributed by atoms with E-state index >= 15 is 0 Å². The topological polar surface area (TPSA) is 0 Å². The van der Waals surface area contributed by atoms with Crippen molar-refractivity contribution >= 4 is 85.6 Å². The first-order chi connectivity index (χ1) is 0. The van der Waals surface area contributed by atoms with Crippen molar-refractivity contribution in [1.82, 2.24) is 0 Å². The molecule has 0 nitrogen and oxygen atoms in total. The fraction of sp³-hybridized carbons (Fsp3) is 0. The Labute approximate surface area is 83.9 Å². The molecule has 0 rings (SSSR count). The molecule has 0 aromatic carbocycles. The third-order valence-electron chi connectivity index (χ3n) is 0. The van der Waals surface area contributed by atoms with Crippen LogP contribution in [0.3, 0.4) is 0 Å². The Hall–Kier alpha value is 2.39. The molecule has 0 heterocycles. The van der Waals surface area contributed by atoms with Crippen LogP contribution < -0.4 is 0 Å². The van der Waals surface area contributed by atoms with Crippen molar-refractivity contribution in [2.24, 2.45) is 0 Å². The van der Waals surface area contributed by atoms with E-state index in [4.69, 9.17) is 0 Å². The summed E-state index contributed by atoms with van der Waals surface area (Å²) < 4.78 is 0. The Morgan fingerprint density at radius 2 is 1.00 bits per heavy atom. The molecular weight excluding hydrogens is 203 g/mol. The van der Waals surface area contributed by atoms with Crippen LogP contribution in [0.5, 0.6) is 0 Å². The maximum absolute atomic E-state index is 0. The minimum atomic E-state index is 0. The van der Waals surface area contributed by atoms with Crippen LogP contribution in [0.4, 0.5) is 0 Å². The zero-order valence-corrected chi connectivity index (χ0v) is 0. The maximum Gasteiger partial charge on any atom is -0.0149 e. The summed E-state index contributed by atoms with van der Waals surface area (Å²) in [5.41, 5.74) is 0. The van der Waals surface area contributed by atoms with Gasteiger partial charge in [0.25, 0.3) is 0 Å². The third kappa shape index (κ3) is 8.83. The molecule has 0 spiro atoms. The Balaban J connectivity index is 0. The van der Waals surface area contributed by atoms with Gasteiger partial charge in [0.2, 0.25) is 0 Å². The molecule has 0 saturated carbocycles. The Kier molecular flexibility index (Phi) is 148. The van der Waals surface area contributed by atoms with Gasteiger partial charge in [-0.3, -0.25) is 0 Å². The fourth-order valence-electron chi connectivity index (χ4n) is 0. The van der Waals surface area contributed by atoms with Crippen LogP contribution in [-0.2, 0) is 0 Å². The number of rotatable bonds is 0. The van der Waals surface area contributed by atoms with Crippen LogP contribution in [0.1, 0.15) is 0 Å². The molecule has 0 amide bonds. The van der Waals surface area contributed by atoms with Gasteiger partial charge in [0.15, 0.2) is 17.4 Å². The molecule has 4 heteroatoms. The molecule has 24 valence electrons. The standard InChI is InChI=1S/Al.BH3.Ba.H4Si.5H/h;1H3;;1H4;;;;;. The van der Waals surface area contributed by atoms with Gasteiger partial charge in [0.05, 0.1) is 8.41 Å². The molecular formula is H12AlBBaSi. The first kappa shape index (κ1) is 32.5. The zero-order valence-electron chi connectivity index (χ0n) is 0. The smallest absolute Gasteiger partial charge is 0.0149 e. The SMILES string of the molecule is B.[AlH3].[BaH2].[SiH4]. The van der Waals surface area contributed by atoms with Crippen LogP contribution in [-0.4, -0.2) is 85.6 Å². The van der Waals surface area contributed by atoms with E-state index in [0.717, 1.165) is 0 Å². The summed E-state index contributed by atoms with van der Waals surface area (Å²) >= 11 is 0. The molecule has 0 N–H and O–H groups in total. The molecule has 0 bridgehead atoms. The molecule has 0 aromatic heterocycles. The van der Waals surface area contributed by atoms with E-state index in [1.807, 2.05) is 0 Å². The monoisotopic (exact) mass is 216 g/mol. The predicted octanol–water partition coefficient (Wildman–Crippen LogP) is -4.74. The van der Waals surface area contributed by atoms with Crippen molar-refractivity contribution in [1.29, 1.82) is 0 Å². The summed E-state index contributed by atoms with van der Waals surface area (Å²) in [6.07, 6.45) is 0. The van der Waals surface area contributed by atoms with Gasteiger partial charge in [-0.2, -0.15) is 0 Å². The molecule has 0 aliphatic heterocycles. The predicted molar refractivity (Wildman–Crippen MR) is 39.8 cm³/mol. The van der Waals surface area contributed by atoms with E-state index < -0.39 is 0 Å². The van der Waals surface area contributed by atoms with E-state index in [0.29, 0.717) is 0 Å². The third-order valence-corrected chi connectivity index (χ3v) is 0. The molecule has 0 fully saturated rings. The van der Waals surface area contributed by atoms with Crippen molar-refractivity contribution in [3.05, 3.63) is 0 Å². The van der Waals surface area contributed by atoms with Crippen LogP contribution in [0.15, 0.2) is 0 Å². The van der Waals surface area contributed by atoms with Crippen molar-refractivity contribution in [2.75, 3.05) is 0 Å². The van der Waals surface area contributed by atoms with Crippen molar-refractivity contribution < 1.29 is 0 Å². The van der Waals surface area contributed by atoms with Crippen LogP contribution in [0, 0.1) is 0 Å². The normalized spacial score (nSPS) is 0. The second-order valence-electron chi connectivity index (χ2n) is 0. The average Bonchev–Trinajstić information content (AvgIpc) is 0. The second kappa shape index (κ2) is 18.2. The van der Waals surface area contributed by atoms with E-state index in [1.54, 1.807) is 0 Å². The minimum absolute atomic E-state index is 0. The largest absolute Gasteiger partial charge is 0.0149 e. The van der Waals surface area contributed by atoms with Gasteiger partial charge in [-0.15, -0.1) is 0 Å². The number of hydrogen-bond donors (Lipinski definition) is 0. The van der Waals surface area contributed by atoms with Gasteiger partial charge in [-0.05, 0) is 11.0 Å². The van der Waals surface area contributed by atoms with Gasteiger partial charge in [-0.25, -0.2) is 0 Å². The zero-order chi connectivity index (χ0) is 0. The summed E-state index contributed by atoms with van der Waals surface area (Å²) in [6.45, 7) is 0. The van der Waals surface area contributed by atoms with Gasteiger partial charge in [0.1, 0.15) is 0 Å². The van der Waals surface area contributed by atoms with Gasteiger partial charge < -0.3 is 0 Å². The molecule has 0 radical (unpaired) electrons. The van der Waals surface area contributed by atoms with E-state index in [2.05, 4.69) is 0 Å². The number of hydrogen-bond acceptors (Lipinski definition) is 0. The Bertz CT molecular complexity index is 8.00. The first-order valence-electron chi connectivity index (χ1n) is 0. The summed E-state index contributed by atoms with van der Waals surface area (Å²) in [5.74, 6) is 0. The molecule has 4 heavy (non-hydrogen) atoms. The first-order valence-corrected chi connectivity index (χ1v) is 0. The van der Waals surface area contributed by atoms with Crippen LogP contribution >= 0.6 is 0 Å². The average molecular weight is 215 g/mol. The molecule has 0 atom stereocenters. The Morgan fingerprint density at radius 1 is 1.00 bits per heavy atom. The van der Waals surface area contributed by atoms with E-state index in [9.17, 15) is 0 Å². The maximum atomic E-state index is 0. The molecule has 0 aliphatic carbocycles. The van der Waals surface area contributed by atoms with Crippen molar-refractivity contribution in [3.63, 3.8) is 0 Å². The molecule has 0 unspecified atom stereocenters. The minimum Gasteiger partial charge on any atom is -0.0149 e. The van der Waals surface area contributed by atoms with Gasteiger partial charge in [0, 0.05) is 0 Å². The van der Waals surface area contributed by atoms with E-state index in [1.165, 1.54) is 0 Å². The van der Waals surface area contributed by atoms with Crippen molar-refractivity contribution in [3.8, 4) is 0 Å². The van der Waals surface area contributed by atoms with Crippen LogP contribution in [0.25, 0.3) is 0 Å². The fourth-order valence-corrected chi connectivity index (χ4v) is 0. The summed E-state index contributed by atoms with van der Waals surface area (Å²) in [6, 6.07) is 0. The quantitative estimate of drug-likeness (QED) is 0.356. The summed E-state index contributed by atoms with van der Waals surface area (Å²) in [4.78, 5) is 0. The molecule has 0 aliphatic rings. The van der Waals surface area contributed by atoms with E-state index in [-0.39, 0.29) is 85.6 Å². The van der Waals surface area contributed by atoms with Crippen molar-refractivity contribution in [2.45, 2.75) is 0 Å². The van der Waals surface area contributed by atoms with Gasteiger partial charge >= 0.3 is 48.9 Å². The second-order valence-corrected chi connectivity index (χ2v) is 0. The summed E-state index contributed by atoms with van der Waals surface area (Å²) in [7, 11) is 0. The Morgan fingerprint density at radius 3 is 1.00 bits per heavy atom.